The Morgan fingerprint density at radius 1 is 0.690 bits per heavy atom. The number of hydrogen-bond acceptors (Lipinski definition) is 6. The Hall–Kier alpha value is -1.74. The van der Waals surface area contributed by atoms with Crippen LogP contribution in [-0.2, 0) is 28.6 Å². The van der Waals surface area contributed by atoms with E-state index < -0.39 is 26.5 Å². The van der Waals surface area contributed by atoms with Crippen LogP contribution in [-0.4, -0.2) is 23.1 Å². The highest BCUT2D eigenvalue weighted by Gasteiger charge is 2.28. The molecule has 0 aliphatic rings. The predicted molar refractivity (Wildman–Crippen MR) is 111 cm³/mol. The molecule has 0 aliphatic heterocycles. The van der Waals surface area contributed by atoms with Crippen molar-refractivity contribution in [3.05, 3.63) is 59.7 Å². The number of benzene rings is 2. The van der Waals surface area contributed by atoms with E-state index in [1.807, 2.05) is 20.8 Å². The van der Waals surface area contributed by atoms with Crippen molar-refractivity contribution < 1.29 is 25.2 Å². The third-order valence-electron chi connectivity index (χ3n) is 4.38. The van der Waals surface area contributed by atoms with Gasteiger partial charge in [0.1, 0.15) is 0 Å². The average molecular weight is 441 g/mol. The van der Waals surface area contributed by atoms with Crippen LogP contribution in [0.3, 0.4) is 0 Å². The molecule has 2 rings (SSSR count). The second kappa shape index (κ2) is 10.3. The van der Waals surface area contributed by atoms with E-state index in [0.29, 0.717) is 6.42 Å². The Kier molecular flexibility index (Phi) is 8.39. The van der Waals surface area contributed by atoms with Gasteiger partial charge in [0.05, 0.1) is 9.79 Å². The Labute approximate surface area is 174 Å². The normalized spacial score (nSPS) is 12.4. The first-order valence-corrected chi connectivity index (χ1v) is 12.5. The van der Waals surface area contributed by atoms with Gasteiger partial charge in [-0.15, -0.1) is 0 Å². The number of rotatable bonds is 11. The molecule has 6 nitrogen and oxygen atoms in total. The van der Waals surface area contributed by atoms with Crippen molar-refractivity contribution in [3.8, 4) is 0 Å². The zero-order valence-electron chi connectivity index (χ0n) is 17.0. The van der Waals surface area contributed by atoms with Crippen molar-refractivity contribution in [3.63, 3.8) is 0 Å². The van der Waals surface area contributed by atoms with E-state index in [1.54, 1.807) is 24.3 Å². The summed E-state index contributed by atoms with van der Waals surface area (Å²) in [5.74, 6) is 0. The Bertz CT molecular complexity index is 901. The van der Waals surface area contributed by atoms with Crippen LogP contribution >= 0.6 is 0 Å². The van der Waals surface area contributed by atoms with Gasteiger partial charge >= 0.3 is 0 Å². The number of aryl methyl sites for hydroxylation is 2. The lowest BCUT2D eigenvalue weighted by molar-refractivity contribution is 0.00876. The highest BCUT2D eigenvalue weighted by atomic mass is 32.2. The van der Waals surface area contributed by atoms with E-state index in [2.05, 4.69) is 0 Å². The van der Waals surface area contributed by atoms with Gasteiger partial charge in [0.2, 0.25) is 0 Å². The zero-order chi connectivity index (χ0) is 21.5. The summed E-state index contributed by atoms with van der Waals surface area (Å²) < 4.78 is 60.8. The molecular weight excluding hydrogens is 412 g/mol. The van der Waals surface area contributed by atoms with Gasteiger partial charge in [-0.3, -0.25) is 0 Å². The van der Waals surface area contributed by atoms with Crippen molar-refractivity contribution in [1.82, 2.24) is 0 Å². The summed E-state index contributed by atoms with van der Waals surface area (Å²) in [6.45, 7) is 5.73. The molecule has 0 aliphatic carbocycles. The van der Waals surface area contributed by atoms with Crippen LogP contribution in [0.15, 0.2) is 58.3 Å². The number of hydrogen-bond donors (Lipinski definition) is 0. The summed E-state index contributed by atoms with van der Waals surface area (Å²) in [7, 11) is -8.34. The molecule has 0 atom stereocenters. The van der Waals surface area contributed by atoms with E-state index in [0.717, 1.165) is 30.4 Å². The van der Waals surface area contributed by atoms with Crippen molar-refractivity contribution in [1.29, 1.82) is 0 Å². The molecule has 160 valence electrons. The third-order valence-corrected chi connectivity index (χ3v) is 7.02. The molecule has 2 aromatic carbocycles. The standard InChI is InChI=1S/C21H28O6S2/c1-4-5-6-7-8-21(26-28(22,23)19-13-9-17(2)10-14-19)27-29(24,25)20-15-11-18(3)12-16-20/h9-16,21H,4-8H2,1-3H3. The minimum atomic E-state index is -4.17. The summed E-state index contributed by atoms with van der Waals surface area (Å²) >= 11 is 0. The van der Waals surface area contributed by atoms with Crippen molar-refractivity contribution in [2.45, 2.75) is 69.0 Å². The SMILES string of the molecule is CCCCCCC(OS(=O)(=O)c1ccc(C)cc1)OS(=O)(=O)c1ccc(C)cc1. The predicted octanol–water partition coefficient (Wildman–Crippen LogP) is 4.71. The summed E-state index contributed by atoms with van der Waals surface area (Å²) in [6.07, 6.45) is 2.10. The second-order valence-corrected chi connectivity index (χ2v) is 10.1. The van der Waals surface area contributed by atoms with E-state index in [1.165, 1.54) is 24.3 Å². The van der Waals surface area contributed by atoms with E-state index in [9.17, 15) is 16.8 Å². The molecule has 0 heterocycles. The molecule has 0 fully saturated rings. The van der Waals surface area contributed by atoms with Gasteiger partial charge < -0.3 is 0 Å². The van der Waals surface area contributed by atoms with Crippen molar-refractivity contribution in [2.75, 3.05) is 0 Å². The smallest absolute Gasteiger partial charge is 0.233 e. The van der Waals surface area contributed by atoms with E-state index in [-0.39, 0.29) is 16.2 Å². The molecule has 0 N–H and O–H groups in total. The van der Waals surface area contributed by atoms with Crippen molar-refractivity contribution >= 4 is 20.2 Å². The maximum absolute atomic E-state index is 12.6. The molecule has 0 amide bonds. The fraction of sp³-hybridized carbons (Fsp3) is 0.429. The lowest BCUT2D eigenvalue weighted by Crippen LogP contribution is -2.25. The molecule has 0 aromatic heterocycles. The lowest BCUT2D eigenvalue weighted by atomic mass is 10.1. The first kappa shape index (κ1) is 23.5. The fourth-order valence-corrected chi connectivity index (χ4v) is 4.70. The molecule has 29 heavy (non-hydrogen) atoms. The molecule has 2 aromatic rings. The Morgan fingerprint density at radius 3 is 1.48 bits per heavy atom. The van der Waals surface area contributed by atoms with Gasteiger partial charge in [0.15, 0.2) is 6.29 Å². The van der Waals surface area contributed by atoms with Gasteiger partial charge in [-0.1, -0.05) is 61.6 Å². The van der Waals surface area contributed by atoms with E-state index in [4.69, 9.17) is 8.37 Å². The van der Waals surface area contributed by atoms with Crippen LogP contribution in [0.4, 0.5) is 0 Å². The summed E-state index contributed by atoms with van der Waals surface area (Å²) in [4.78, 5) is -0.0871. The zero-order valence-corrected chi connectivity index (χ0v) is 18.6. The molecule has 0 bridgehead atoms. The van der Waals surface area contributed by atoms with Gasteiger partial charge in [0.25, 0.3) is 20.2 Å². The first-order valence-electron chi connectivity index (χ1n) is 9.64. The monoisotopic (exact) mass is 440 g/mol. The second-order valence-electron chi connectivity index (χ2n) is 7.01. The van der Waals surface area contributed by atoms with Crippen LogP contribution in [0.1, 0.15) is 50.2 Å². The van der Waals surface area contributed by atoms with Gasteiger partial charge in [0, 0.05) is 6.42 Å². The Balaban J connectivity index is 2.21. The molecule has 0 spiro atoms. The van der Waals surface area contributed by atoms with Gasteiger partial charge in [-0.05, 0) is 44.5 Å². The minimum Gasteiger partial charge on any atom is -0.233 e. The Morgan fingerprint density at radius 2 is 1.10 bits per heavy atom. The van der Waals surface area contributed by atoms with E-state index >= 15 is 0 Å². The summed E-state index contributed by atoms with van der Waals surface area (Å²) in [5.41, 5.74) is 1.80. The largest absolute Gasteiger partial charge is 0.299 e. The summed E-state index contributed by atoms with van der Waals surface area (Å²) in [6, 6.07) is 12.3. The van der Waals surface area contributed by atoms with Crippen LogP contribution in [0.5, 0.6) is 0 Å². The first-order chi connectivity index (χ1) is 13.6. The maximum Gasteiger partial charge on any atom is 0.299 e. The lowest BCUT2D eigenvalue weighted by Gasteiger charge is -2.18. The molecule has 0 saturated carbocycles. The quantitative estimate of drug-likeness (QED) is 0.286. The highest BCUT2D eigenvalue weighted by Crippen LogP contribution is 2.23. The molecule has 0 radical (unpaired) electrons. The average Bonchev–Trinajstić information content (AvgIpc) is 2.65. The van der Waals surface area contributed by atoms with Crippen molar-refractivity contribution in [2.24, 2.45) is 0 Å². The van der Waals surface area contributed by atoms with Gasteiger partial charge in [-0.25, -0.2) is 8.37 Å². The van der Waals surface area contributed by atoms with Crippen LogP contribution in [0, 0.1) is 13.8 Å². The topological polar surface area (TPSA) is 86.7 Å². The van der Waals surface area contributed by atoms with Crippen LogP contribution in [0.2, 0.25) is 0 Å². The highest BCUT2D eigenvalue weighted by molar-refractivity contribution is 7.87. The molecule has 8 heteroatoms. The van der Waals surface area contributed by atoms with Crippen LogP contribution in [0.25, 0.3) is 0 Å². The number of unbranched alkanes of at least 4 members (excludes halogenated alkanes) is 3. The molecule has 0 saturated heterocycles. The summed E-state index contributed by atoms with van der Waals surface area (Å²) in [5, 5.41) is 0. The molecular formula is C21H28O6S2. The minimum absolute atomic E-state index is 0.0435. The maximum atomic E-state index is 12.6. The fourth-order valence-electron chi connectivity index (χ4n) is 2.65. The van der Waals surface area contributed by atoms with Crippen LogP contribution < -0.4 is 0 Å². The third kappa shape index (κ3) is 7.22. The molecule has 0 unspecified atom stereocenters. The van der Waals surface area contributed by atoms with Gasteiger partial charge in [-0.2, -0.15) is 16.8 Å².